The van der Waals surface area contributed by atoms with Gasteiger partial charge in [0.15, 0.2) is 0 Å². The lowest BCUT2D eigenvalue weighted by molar-refractivity contribution is 0.0590. The molecule has 1 aromatic rings. The molecule has 0 aliphatic carbocycles. The van der Waals surface area contributed by atoms with Gasteiger partial charge < -0.3 is 0 Å². The molecule has 0 radical (unpaired) electrons. The molecular formula is C14H13NO2. The molecule has 0 N–H and O–H groups in total. The van der Waals surface area contributed by atoms with E-state index in [2.05, 4.69) is 5.92 Å². The van der Waals surface area contributed by atoms with Gasteiger partial charge in [-0.2, -0.15) is 0 Å². The van der Waals surface area contributed by atoms with Crippen LogP contribution < -0.4 is 0 Å². The van der Waals surface area contributed by atoms with Crippen molar-refractivity contribution in [3.8, 4) is 12.3 Å². The van der Waals surface area contributed by atoms with E-state index in [1.807, 2.05) is 13.8 Å². The first kappa shape index (κ1) is 11.4. The number of hydrogen-bond acceptors (Lipinski definition) is 2. The van der Waals surface area contributed by atoms with Gasteiger partial charge in [0.05, 0.1) is 11.1 Å². The number of rotatable bonds is 2. The van der Waals surface area contributed by atoms with E-state index in [-0.39, 0.29) is 17.7 Å². The molecule has 86 valence electrons. The van der Waals surface area contributed by atoms with Gasteiger partial charge >= 0.3 is 0 Å². The molecule has 1 aliphatic rings. The van der Waals surface area contributed by atoms with E-state index in [1.54, 1.807) is 24.3 Å². The van der Waals surface area contributed by atoms with Crippen LogP contribution in [-0.4, -0.2) is 22.8 Å². The first-order valence-electron chi connectivity index (χ1n) is 5.51. The third-order valence-electron chi connectivity index (χ3n) is 2.91. The second kappa shape index (κ2) is 4.06. The second-order valence-electron chi connectivity index (χ2n) is 4.38. The number of amides is 2. The van der Waals surface area contributed by atoms with Crippen LogP contribution in [0.5, 0.6) is 0 Å². The van der Waals surface area contributed by atoms with Crippen molar-refractivity contribution in [2.24, 2.45) is 5.92 Å². The highest BCUT2D eigenvalue weighted by Gasteiger charge is 2.39. The van der Waals surface area contributed by atoms with Crippen molar-refractivity contribution in [3.05, 3.63) is 35.4 Å². The van der Waals surface area contributed by atoms with Crippen LogP contribution in [0, 0.1) is 18.3 Å². The third kappa shape index (κ3) is 1.62. The van der Waals surface area contributed by atoms with E-state index in [0.717, 1.165) is 0 Å². The zero-order valence-electron chi connectivity index (χ0n) is 9.81. The van der Waals surface area contributed by atoms with Gasteiger partial charge in [-0.1, -0.05) is 31.9 Å². The second-order valence-corrected chi connectivity index (χ2v) is 4.38. The Morgan fingerprint density at radius 2 is 1.59 bits per heavy atom. The fourth-order valence-corrected chi connectivity index (χ4v) is 2.03. The van der Waals surface area contributed by atoms with Gasteiger partial charge in [-0.15, -0.1) is 6.42 Å². The fraction of sp³-hybridized carbons (Fsp3) is 0.286. The monoisotopic (exact) mass is 227 g/mol. The van der Waals surface area contributed by atoms with E-state index in [9.17, 15) is 9.59 Å². The molecular weight excluding hydrogens is 214 g/mol. The Balaban J connectivity index is 2.47. The maximum atomic E-state index is 12.1. The Kier molecular flexibility index (Phi) is 2.72. The van der Waals surface area contributed by atoms with E-state index in [0.29, 0.717) is 11.1 Å². The lowest BCUT2D eigenvalue weighted by Crippen LogP contribution is -2.42. The predicted octanol–water partition coefficient (Wildman–Crippen LogP) is 1.94. The highest BCUT2D eigenvalue weighted by molar-refractivity contribution is 6.21. The summed E-state index contributed by atoms with van der Waals surface area (Å²) in [4.78, 5) is 25.4. The summed E-state index contributed by atoms with van der Waals surface area (Å²) in [5.74, 6) is 1.99. The Bertz CT molecular complexity index is 490. The van der Waals surface area contributed by atoms with Gasteiger partial charge in [-0.3, -0.25) is 14.5 Å². The summed E-state index contributed by atoms with van der Waals surface area (Å²) in [5.41, 5.74) is 0.886. The van der Waals surface area contributed by atoms with Crippen LogP contribution in [-0.2, 0) is 0 Å². The molecule has 2 amide bonds. The zero-order chi connectivity index (χ0) is 12.6. The molecule has 0 saturated carbocycles. The number of fused-ring (bicyclic) bond motifs is 1. The molecule has 0 bridgehead atoms. The standard InChI is InChI=1S/C14H13NO2/c1-4-12(9(2)3)15-13(16)10-7-5-6-8-11(10)14(15)17/h1,5-9,12H,2-3H3. The minimum absolute atomic E-state index is 0.0437. The summed E-state index contributed by atoms with van der Waals surface area (Å²) in [7, 11) is 0. The van der Waals surface area contributed by atoms with E-state index < -0.39 is 6.04 Å². The number of hydrogen-bond donors (Lipinski definition) is 0. The van der Waals surface area contributed by atoms with E-state index in [4.69, 9.17) is 6.42 Å². The molecule has 1 aromatic carbocycles. The van der Waals surface area contributed by atoms with Crippen LogP contribution in [0.15, 0.2) is 24.3 Å². The van der Waals surface area contributed by atoms with E-state index >= 15 is 0 Å². The average Bonchev–Trinajstić information content (AvgIpc) is 2.56. The molecule has 0 fully saturated rings. The van der Waals surface area contributed by atoms with Gasteiger partial charge in [0.2, 0.25) is 0 Å². The first-order valence-corrected chi connectivity index (χ1v) is 5.51. The summed E-state index contributed by atoms with van der Waals surface area (Å²) in [6.45, 7) is 3.79. The van der Waals surface area contributed by atoms with Crippen LogP contribution in [0.1, 0.15) is 34.6 Å². The summed E-state index contributed by atoms with van der Waals surface area (Å²) < 4.78 is 0. The molecule has 1 heterocycles. The van der Waals surface area contributed by atoms with Crippen molar-refractivity contribution in [3.63, 3.8) is 0 Å². The molecule has 3 heteroatoms. The van der Waals surface area contributed by atoms with Crippen molar-refractivity contribution in [1.29, 1.82) is 0 Å². The molecule has 1 aliphatic heterocycles. The minimum atomic E-state index is -0.484. The number of terminal acetylenes is 1. The predicted molar refractivity (Wildman–Crippen MR) is 64.4 cm³/mol. The number of benzene rings is 1. The molecule has 0 saturated heterocycles. The fourth-order valence-electron chi connectivity index (χ4n) is 2.03. The molecule has 0 aromatic heterocycles. The van der Waals surface area contributed by atoms with Crippen LogP contribution in [0.25, 0.3) is 0 Å². The largest absolute Gasteiger partial charge is 0.269 e. The Hall–Kier alpha value is -2.08. The molecule has 0 spiro atoms. The maximum absolute atomic E-state index is 12.1. The van der Waals surface area contributed by atoms with Crippen LogP contribution >= 0.6 is 0 Å². The molecule has 17 heavy (non-hydrogen) atoms. The smallest absolute Gasteiger partial charge is 0.262 e. The summed E-state index contributed by atoms with van der Waals surface area (Å²) >= 11 is 0. The molecule has 1 atom stereocenters. The van der Waals surface area contributed by atoms with E-state index in [1.165, 1.54) is 4.90 Å². The lowest BCUT2D eigenvalue weighted by Gasteiger charge is -2.24. The average molecular weight is 227 g/mol. The first-order chi connectivity index (χ1) is 8.07. The molecule has 1 unspecified atom stereocenters. The van der Waals surface area contributed by atoms with Gasteiger partial charge in [-0.25, -0.2) is 0 Å². The Labute approximate surface area is 100 Å². The van der Waals surface area contributed by atoms with Crippen LogP contribution in [0.2, 0.25) is 0 Å². The summed E-state index contributed by atoms with van der Waals surface area (Å²) in [6.07, 6.45) is 5.42. The molecule has 3 nitrogen and oxygen atoms in total. The summed E-state index contributed by atoms with van der Waals surface area (Å²) in [5, 5.41) is 0. The highest BCUT2D eigenvalue weighted by atomic mass is 16.2. The number of carbonyl (C=O) groups excluding carboxylic acids is 2. The van der Waals surface area contributed by atoms with Crippen molar-refractivity contribution in [1.82, 2.24) is 4.90 Å². The van der Waals surface area contributed by atoms with Gasteiger partial charge in [0.1, 0.15) is 6.04 Å². The van der Waals surface area contributed by atoms with Crippen molar-refractivity contribution in [2.75, 3.05) is 0 Å². The van der Waals surface area contributed by atoms with Crippen molar-refractivity contribution >= 4 is 11.8 Å². The van der Waals surface area contributed by atoms with Crippen LogP contribution in [0.4, 0.5) is 0 Å². The highest BCUT2D eigenvalue weighted by Crippen LogP contribution is 2.26. The zero-order valence-corrected chi connectivity index (χ0v) is 9.81. The SMILES string of the molecule is C#CC(C(C)C)N1C(=O)c2ccccc2C1=O. The number of carbonyl (C=O) groups is 2. The van der Waals surface area contributed by atoms with Crippen molar-refractivity contribution in [2.45, 2.75) is 19.9 Å². The number of nitrogens with zero attached hydrogens (tertiary/aromatic N) is 1. The van der Waals surface area contributed by atoms with Gasteiger partial charge in [0, 0.05) is 0 Å². The Morgan fingerprint density at radius 1 is 1.12 bits per heavy atom. The summed E-state index contributed by atoms with van der Waals surface area (Å²) in [6, 6.07) is 6.32. The number of imide groups is 1. The van der Waals surface area contributed by atoms with Crippen LogP contribution in [0.3, 0.4) is 0 Å². The quantitative estimate of drug-likeness (QED) is 0.572. The third-order valence-corrected chi connectivity index (χ3v) is 2.91. The Morgan fingerprint density at radius 3 is 1.94 bits per heavy atom. The maximum Gasteiger partial charge on any atom is 0.262 e. The topological polar surface area (TPSA) is 37.4 Å². The normalized spacial score (nSPS) is 16.0. The lowest BCUT2D eigenvalue weighted by atomic mass is 10.0. The van der Waals surface area contributed by atoms with Crippen molar-refractivity contribution < 1.29 is 9.59 Å². The molecule has 2 rings (SSSR count). The van der Waals surface area contributed by atoms with Gasteiger partial charge in [0.25, 0.3) is 11.8 Å². The van der Waals surface area contributed by atoms with Gasteiger partial charge in [-0.05, 0) is 18.1 Å². The minimum Gasteiger partial charge on any atom is -0.269 e.